The summed E-state index contributed by atoms with van der Waals surface area (Å²) in [5.41, 5.74) is 0. The Bertz CT molecular complexity index is 106. The number of hydrogen-bond donors (Lipinski definition) is 1. The highest BCUT2D eigenvalue weighted by Crippen LogP contribution is 1.96. The van der Waals surface area contributed by atoms with Crippen molar-refractivity contribution in [2.75, 3.05) is 19.3 Å². The molecule has 0 rings (SSSR count). The highest BCUT2D eigenvalue weighted by atomic mass is 32.2. The molecule has 0 aliphatic carbocycles. The van der Waals surface area contributed by atoms with Gasteiger partial charge in [-0.05, 0) is 19.5 Å². The Morgan fingerprint density at radius 3 is 2.60 bits per heavy atom. The minimum Gasteiger partial charge on any atom is -0.317 e. The van der Waals surface area contributed by atoms with Crippen LogP contribution in [0, 0.1) is 0 Å². The molecule has 2 unspecified atom stereocenters. The van der Waals surface area contributed by atoms with E-state index in [1.54, 1.807) is 6.26 Å². The summed E-state index contributed by atoms with van der Waals surface area (Å²) in [6, 6.07) is 0. The van der Waals surface area contributed by atoms with Gasteiger partial charge in [0.2, 0.25) is 0 Å². The van der Waals surface area contributed by atoms with Gasteiger partial charge in [0.15, 0.2) is 0 Å². The lowest BCUT2D eigenvalue weighted by Crippen LogP contribution is -2.20. The highest BCUT2D eigenvalue weighted by Gasteiger charge is 2.03. The number of nitrogens with one attached hydrogen (secondary N) is 1. The van der Waals surface area contributed by atoms with Crippen LogP contribution in [0.25, 0.3) is 0 Å². The quantitative estimate of drug-likeness (QED) is 0.606. The molecule has 0 aromatic carbocycles. The van der Waals surface area contributed by atoms with Crippen LogP contribution in [0.15, 0.2) is 0 Å². The van der Waals surface area contributed by atoms with E-state index in [4.69, 9.17) is 0 Å². The molecule has 0 aliphatic heterocycles. The Balaban J connectivity index is 3.21. The second kappa shape index (κ2) is 5.86. The molecular formula is C7H17NOS. The van der Waals surface area contributed by atoms with Gasteiger partial charge in [0, 0.05) is 22.3 Å². The molecule has 2 nitrogen and oxygen atoms in total. The fraction of sp³-hybridized carbons (Fsp3) is 1.00. The van der Waals surface area contributed by atoms with E-state index in [1.165, 1.54) is 0 Å². The Morgan fingerprint density at radius 2 is 2.20 bits per heavy atom. The molecular weight excluding hydrogens is 146 g/mol. The Hall–Kier alpha value is 0.110. The summed E-state index contributed by atoms with van der Waals surface area (Å²) in [6.07, 6.45) is 2.77. The Kier molecular flexibility index (Phi) is 5.93. The molecule has 3 heteroatoms. The molecule has 0 spiro atoms. The summed E-state index contributed by atoms with van der Waals surface area (Å²) in [4.78, 5) is 0. The van der Waals surface area contributed by atoms with Crippen molar-refractivity contribution in [1.82, 2.24) is 5.32 Å². The number of rotatable bonds is 5. The molecule has 0 aromatic rings. The first-order valence-electron chi connectivity index (χ1n) is 3.71. The standard InChI is InChI=1S/C7H17NOS/c1-4-8-6-5-7(2)10(3)9/h7-8H,4-6H2,1-3H3. The van der Waals surface area contributed by atoms with Crippen molar-refractivity contribution in [3.63, 3.8) is 0 Å². The van der Waals surface area contributed by atoms with Crippen LogP contribution in [0.4, 0.5) is 0 Å². The monoisotopic (exact) mass is 163 g/mol. The zero-order valence-electron chi connectivity index (χ0n) is 7.02. The topological polar surface area (TPSA) is 29.1 Å². The van der Waals surface area contributed by atoms with Gasteiger partial charge >= 0.3 is 0 Å². The van der Waals surface area contributed by atoms with Crippen molar-refractivity contribution in [2.45, 2.75) is 25.5 Å². The van der Waals surface area contributed by atoms with E-state index in [1.807, 2.05) is 6.92 Å². The van der Waals surface area contributed by atoms with Crippen molar-refractivity contribution in [3.05, 3.63) is 0 Å². The molecule has 0 saturated heterocycles. The van der Waals surface area contributed by atoms with Gasteiger partial charge in [-0.25, -0.2) is 0 Å². The Morgan fingerprint density at radius 1 is 1.60 bits per heavy atom. The summed E-state index contributed by atoms with van der Waals surface area (Å²) < 4.78 is 10.8. The third-order valence-corrected chi connectivity index (χ3v) is 2.91. The van der Waals surface area contributed by atoms with Gasteiger partial charge in [-0.1, -0.05) is 13.8 Å². The third kappa shape index (κ3) is 4.94. The van der Waals surface area contributed by atoms with Crippen molar-refractivity contribution in [3.8, 4) is 0 Å². The molecule has 62 valence electrons. The molecule has 0 heterocycles. The fourth-order valence-electron chi connectivity index (χ4n) is 0.648. The van der Waals surface area contributed by atoms with Crippen LogP contribution in [0.2, 0.25) is 0 Å². The summed E-state index contributed by atoms with van der Waals surface area (Å²) in [5.74, 6) is 0. The molecule has 0 aromatic heterocycles. The predicted molar refractivity (Wildman–Crippen MR) is 46.7 cm³/mol. The molecule has 0 amide bonds. The first-order chi connectivity index (χ1) is 4.68. The van der Waals surface area contributed by atoms with Gasteiger partial charge in [0.05, 0.1) is 0 Å². The molecule has 2 atom stereocenters. The van der Waals surface area contributed by atoms with Gasteiger partial charge < -0.3 is 5.32 Å². The molecule has 0 radical (unpaired) electrons. The van der Waals surface area contributed by atoms with Crippen molar-refractivity contribution >= 4 is 10.8 Å². The highest BCUT2D eigenvalue weighted by molar-refractivity contribution is 7.84. The average molecular weight is 163 g/mol. The fourth-order valence-corrected chi connectivity index (χ4v) is 1.10. The molecule has 0 saturated carbocycles. The molecule has 1 N–H and O–H groups in total. The van der Waals surface area contributed by atoms with E-state index in [0.29, 0.717) is 5.25 Å². The van der Waals surface area contributed by atoms with E-state index < -0.39 is 10.8 Å². The lowest BCUT2D eigenvalue weighted by atomic mass is 10.3. The van der Waals surface area contributed by atoms with Gasteiger partial charge in [0.1, 0.15) is 0 Å². The van der Waals surface area contributed by atoms with Crippen molar-refractivity contribution in [2.24, 2.45) is 0 Å². The maximum Gasteiger partial charge on any atom is 0.0329 e. The van der Waals surface area contributed by atoms with Crippen LogP contribution in [-0.2, 0) is 10.8 Å². The minimum atomic E-state index is -0.654. The van der Waals surface area contributed by atoms with Crippen molar-refractivity contribution < 1.29 is 4.21 Å². The maximum atomic E-state index is 10.8. The van der Waals surface area contributed by atoms with Crippen molar-refractivity contribution in [1.29, 1.82) is 0 Å². The second-order valence-electron chi connectivity index (χ2n) is 2.45. The van der Waals surface area contributed by atoms with Crippen LogP contribution in [0.3, 0.4) is 0 Å². The van der Waals surface area contributed by atoms with Crippen LogP contribution < -0.4 is 5.32 Å². The first kappa shape index (κ1) is 10.1. The smallest absolute Gasteiger partial charge is 0.0329 e. The average Bonchev–Trinajstić information content (AvgIpc) is 1.88. The zero-order chi connectivity index (χ0) is 7.98. The van der Waals surface area contributed by atoms with Crippen LogP contribution in [-0.4, -0.2) is 28.8 Å². The predicted octanol–water partition coefficient (Wildman–Crippen LogP) is 0.753. The zero-order valence-corrected chi connectivity index (χ0v) is 7.83. The first-order valence-corrected chi connectivity index (χ1v) is 5.33. The van der Waals surface area contributed by atoms with E-state index in [9.17, 15) is 4.21 Å². The Labute approximate surface area is 65.9 Å². The molecule has 0 aliphatic rings. The summed E-state index contributed by atoms with van der Waals surface area (Å²) in [7, 11) is -0.654. The van der Waals surface area contributed by atoms with E-state index in [-0.39, 0.29) is 0 Å². The van der Waals surface area contributed by atoms with Crippen LogP contribution >= 0.6 is 0 Å². The largest absolute Gasteiger partial charge is 0.317 e. The van der Waals surface area contributed by atoms with Crippen LogP contribution in [0.5, 0.6) is 0 Å². The minimum absolute atomic E-state index is 0.332. The van der Waals surface area contributed by atoms with E-state index in [2.05, 4.69) is 12.2 Å². The number of hydrogen-bond acceptors (Lipinski definition) is 2. The van der Waals surface area contributed by atoms with Crippen LogP contribution in [0.1, 0.15) is 20.3 Å². The lowest BCUT2D eigenvalue weighted by molar-refractivity contribution is 0.642. The maximum absolute atomic E-state index is 10.8. The summed E-state index contributed by atoms with van der Waals surface area (Å²) in [6.45, 7) is 6.08. The molecule has 10 heavy (non-hydrogen) atoms. The van der Waals surface area contributed by atoms with Gasteiger partial charge in [-0.2, -0.15) is 0 Å². The van der Waals surface area contributed by atoms with E-state index >= 15 is 0 Å². The summed E-state index contributed by atoms with van der Waals surface area (Å²) >= 11 is 0. The normalized spacial score (nSPS) is 16.7. The van der Waals surface area contributed by atoms with E-state index in [0.717, 1.165) is 19.5 Å². The SMILES string of the molecule is CCNCCC(C)S(C)=O. The third-order valence-electron chi connectivity index (χ3n) is 1.54. The van der Waals surface area contributed by atoms with Gasteiger partial charge in [-0.15, -0.1) is 0 Å². The van der Waals surface area contributed by atoms with Gasteiger partial charge in [0.25, 0.3) is 0 Å². The molecule has 0 fully saturated rings. The lowest BCUT2D eigenvalue weighted by Gasteiger charge is -2.06. The second-order valence-corrected chi connectivity index (χ2v) is 4.25. The van der Waals surface area contributed by atoms with Gasteiger partial charge in [-0.3, -0.25) is 4.21 Å². The summed E-state index contributed by atoms with van der Waals surface area (Å²) in [5, 5.41) is 3.53. The molecule has 0 bridgehead atoms.